The second kappa shape index (κ2) is 3.74. The quantitative estimate of drug-likeness (QED) is 0.717. The minimum Gasteiger partial charge on any atom is -0.316 e. The molecule has 1 N–H and O–H groups in total. The lowest BCUT2D eigenvalue weighted by Gasteiger charge is -2.03. The van der Waals surface area contributed by atoms with E-state index in [0.717, 1.165) is 17.1 Å². The van der Waals surface area contributed by atoms with E-state index >= 15 is 0 Å². The summed E-state index contributed by atoms with van der Waals surface area (Å²) in [5, 5.41) is 3.91. The molecule has 0 heterocycles. The lowest BCUT2D eigenvalue weighted by atomic mass is 10.1. The zero-order valence-electron chi connectivity index (χ0n) is 6.82. The lowest BCUT2D eigenvalue weighted by molar-refractivity contribution is 0.818. The van der Waals surface area contributed by atoms with Crippen molar-refractivity contribution in [1.82, 2.24) is 5.32 Å². The highest BCUT2D eigenvalue weighted by Crippen LogP contribution is 2.16. The number of benzene rings is 1. The van der Waals surface area contributed by atoms with Gasteiger partial charge in [-0.15, -0.1) is 0 Å². The van der Waals surface area contributed by atoms with Crippen LogP contribution in [-0.2, 0) is 6.54 Å². The molecule has 0 amide bonds. The summed E-state index contributed by atoms with van der Waals surface area (Å²) in [6.07, 6.45) is 0. The summed E-state index contributed by atoms with van der Waals surface area (Å²) in [4.78, 5) is 0. The van der Waals surface area contributed by atoms with Gasteiger partial charge in [-0.1, -0.05) is 23.7 Å². The maximum atomic E-state index is 5.97. The molecule has 0 atom stereocenters. The van der Waals surface area contributed by atoms with Crippen LogP contribution in [0.3, 0.4) is 0 Å². The minimum absolute atomic E-state index is 0.832. The van der Waals surface area contributed by atoms with Gasteiger partial charge in [0.25, 0.3) is 0 Å². The number of halogens is 1. The summed E-state index contributed by atoms with van der Waals surface area (Å²) in [5.74, 6) is 0. The first-order valence-corrected chi connectivity index (χ1v) is 4.01. The van der Waals surface area contributed by atoms with Gasteiger partial charge < -0.3 is 5.32 Å². The third-order valence-electron chi connectivity index (χ3n) is 1.58. The molecule has 1 nitrogen and oxygen atoms in total. The zero-order chi connectivity index (χ0) is 8.27. The van der Waals surface area contributed by atoms with Crippen molar-refractivity contribution in [2.45, 2.75) is 13.5 Å². The van der Waals surface area contributed by atoms with Crippen LogP contribution in [0.2, 0.25) is 5.02 Å². The number of aryl methyl sites for hydroxylation is 1. The highest BCUT2D eigenvalue weighted by molar-refractivity contribution is 6.31. The van der Waals surface area contributed by atoms with Crippen molar-refractivity contribution >= 4 is 11.6 Å². The number of hydrogen-bond acceptors (Lipinski definition) is 1. The van der Waals surface area contributed by atoms with Gasteiger partial charge in [0, 0.05) is 11.6 Å². The summed E-state index contributed by atoms with van der Waals surface area (Å²) in [6, 6.07) is 6.10. The molecule has 11 heavy (non-hydrogen) atoms. The highest BCUT2D eigenvalue weighted by atomic mass is 35.5. The van der Waals surface area contributed by atoms with E-state index in [1.54, 1.807) is 0 Å². The Morgan fingerprint density at radius 2 is 2.18 bits per heavy atom. The fourth-order valence-corrected chi connectivity index (χ4v) is 1.29. The predicted molar refractivity (Wildman–Crippen MR) is 49.0 cm³/mol. The highest BCUT2D eigenvalue weighted by Gasteiger charge is 1.97. The zero-order valence-corrected chi connectivity index (χ0v) is 7.57. The smallest absolute Gasteiger partial charge is 0.0453 e. The third-order valence-corrected chi connectivity index (χ3v) is 1.93. The van der Waals surface area contributed by atoms with Gasteiger partial charge in [-0.3, -0.25) is 0 Å². The second-order valence-electron chi connectivity index (χ2n) is 2.63. The van der Waals surface area contributed by atoms with E-state index in [2.05, 4.69) is 11.4 Å². The van der Waals surface area contributed by atoms with E-state index in [9.17, 15) is 0 Å². The van der Waals surface area contributed by atoms with E-state index in [1.807, 2.05) is 26.1 Å². The molecule has 0 aliphatic rings. The molecular formula is C9H12ClN. The van der Waals surface area contributed by atoms with Gasteiger partial charge in [-0.05, 0) is 31.2 Å². The van der Waals surface area contributed by atoms with Crippen LogP contribution in [0.1, 0.15) is 11.1 Å². The maximum absolute atomic E-state index is 5.97. The molecule has 0 saturated heterocycles. The van der Waals surface area contributed by atoms with Gasteiger partial charge in [0.15, 0.2) is 0 Å². The van der Waals surface area contributed by atoms with Crippen LogP contribution in [0.5, 0.6) is 0 Å². The fourth-order valence-electron chi connectivity index (χ4n) is 0.986. The molecule has 0 fully saturated rings. The van der Waals surface area contributed by atoms with Crippen molar-refractivity contribution in [3.63, 3.8) is 0 Å². The fraction of sp³-hybridized carbons (Fsp3) is 0.333. The largest absolute Gasteiger partial charge is 0.316 e. The van der Waals surface area contributed by atoms with Crippen LogP contribution in [0.4, 0.5) is 0 Å². The minimum atomic E-state index is 0.832. The molecular weight excluding hydrogens is 158 g/mol. The lowest BCUT2D eigenvalue weighted by Crippen LogP contribution is -2.05. The monoisotopic (exact) mass is 169 g/mol. The molecule has 1 rings (SSSR count). The van der Waals surface area contributed by atoms with Crippen molar-refractivity contribution in [2.75, 3.05) is 7.05 Å². The first-order chi connectivity index (χ1) is 5.24. The molecule has 1 aromatic rings. The van der Waals surface area contributed by atoms with E-state index in [0.29, 0.717) is 0 Å². The Kier molecular flexibility index (Phi) is 2.92. The van der Waals surface area contributed by atoms with Crippen LogP contribution >= 0.6 is 11.6 Å². The summed E-state index contributed by atoms with van der Waals surface area (Å²) in [5.41, 5.74) is 2.36. The van der Waals surface area contributed by atoms with Crippen LogP contribution < -0.4 is 5.32 Å². The molecule has 0 aliphatic carbocycles. The summed E-state index contributed by atoms with van der Waals surface area (Å²) < 4.78 is 0. The van der Waals surface area contributed by atoms with Crippen molar-refractivity contribution in [2.24, 2.45) is 0 Å². The third kappa shape index (κ3) is 2.21. The van der Waals surface area contributed by atoms with Crippen LogP contribution in [0.15, 0.2) is 18.2 Å². The number of hydrogen-bond donors (Lipinski definition) is 1. The van der Waals surface area contributed by atoms with Gasteiger partial charge in [0.2, 0.25) is 0 Å². The first-order valence-electron chi connectivity index (χ1n) is 3.63. The number of nitrogens with one attached hydrogen (secondary N) is 1. The Hall–Kier alpha value is -0.530. The molecule has 1 aromatic carbocycles. The van der Waals surface area contributed by atoms with Crippen LogP contribution in [0, 0.1) is 6.92 Å². The van der Waals surface area contributed by atoms with Gasteiger partial charge in [0.1, 0.15) is 0 Å². The summed E-state index contributed by atoms with van der Waals surface area (Å²) in [7, 11) is 1.91. The summed E-state index contributed by atoms with van der Waals surface area (Å²) in [6.45, 7) is 2.87. The Morgan fingerprint density at radius 3 is 2.73 bits per heavy atom. The molecule has 0 aromatic heterocycles. The van der Waals surface area contributed by atoms with Gasteiger partial charge in [-0.2, -0.15) is 0 Å². The van der Waals surface area contributed by atoms with Crippen molar-refractivity contribution < 1.29 is 0 Å². The average Bonchev–Trinajstić information content (AvgIpc) is 1.95. The van der Waals surface area contributed by atoms with Gasteiger partial charge >= 0.3 is 0 Å². The number of rotatable bonds is 2. The molecule has 0 spiro atoms. The van der Waals surface area contributed by atoms with Gasteiger partial charge in [0.05, 0.1) is 0 Å². The van der Waals surface area contributed by atoms with Gasteiger partial charge in [-0.25, -0.2) is 0 Å². The maximum Gasteiger partial charge on any atom is 0.0453 e. The molecule has 0 aliphatic heterocycles. The van der Waals surface area contributed by atoms with Crippen LogP contribution in [-0.4, -0.2) is 7.05 Å². The molecule has 0 radical (unpaired) electrons. The molecule has 0 saturated carbocycles. The van der Waals surface area contributed by atoms with E-state index < -0.39 is 0 Å². The van der Waals surface area contributed by atoms with Crippen molar-refractivity contribution in [1.29, 1.82) is 0 Å². The molecule has 0 bridgehead atoms. The summed E-state index contributed by atoms with van der Waals surface area (Å²) >= 11 is 5.97. The Bertz CT molecular complexity index is 245. The Morgan fingerprint density at radius 1 is 1.45 bits per heavy atom. The normalized spacial score (nSPS) is 10.1. The van der Waals surface area contributed by atoms with Crippen LogP contribution in [0.25, 0.3) is 0 Å². The Labute approximate surface area is 72.4 Å². The molecule has 2 heteroatoms. The van der Waals surface area contributed by atoms with Crippen molar-refractivity contribution in [3.05, 3.63) is 34.3 Å². The molecule has 0 unspecified atom stereocenters. The van der Waals surface area contributed by atoms with E-state index in [1.165, 1.54) is 5.56 Å². The van der Waals surface area contributed by atoms with E-state index in [4.69, 9.17) is 11.6 Å². The second-order valence-corrected chi connectivity index (χ2v) is 3.03. The molecule has 60 valence electrons. The van der Waals surface area contributed by atoms with Crippen molar-refractivity contribution in [3.8, 4) is 0 Å². The predicted octanol–water partition coefficient (Wildman–Crippen LogP) is 2.37. The standard InChI is InChI=1S/C9H12ClN/c1-7-3-4-8(6-11-2)9(10)5-7/h3-5,11H,6H2,1-2H3. The average molecular weight is 170 g/mol. The Balaban J connectivity index is 2.90. The van der Waals surface area contributed by atoms with E-state index in [-0.39, 0.29) is 0 Å². The SMILES string of the molecule is CNCc1ccc(C)cc1Cl. The first kappa shape index (κ1) is 8.57. The topological polar surface area (TPSA) is 12.0 Å².